The molecule has 0 spiro atoms. The molecular weight excluding hydrogens is 352 g/mol. The van der Waals surface area contributed by atoms with E-state index in [9.17, 15) is 13.2 Å². The molecule has 0 saturated heterocycles. The highest BCUT2D eigenvalue weighted by Gasteiger charge is 2.34. The molecule has 0 bridgehead atoms. The zero-order valence-corrected chi connectivity index (χ0v) is 14.6. The first kappa shape index (κ1) is 16.9. The average Bonchev–Trinajstić information content (AvgIpc) is 3.04. The largest absolute Gasteiger partial charge is 0.359 e. The summed E-state index contributed by atoms with van der Waals surface area (Å²) in [7, 11) is -2.12. The highest BCUT2D eigenvalue weighted by molar-refractivity contribution is 7.89. The van der Waals surface area contributed by atoms with Gasteiger partial charge in [-0.3, -0.25) is 9.48 Å². The minimum atomic E-state index is -3.67. The van der Waals surface area contributed by atoms with Crippen LogP contribution in [0.25, 0.3) is 0 Å². The number of amides is 1. The zero-order chi connectivity index (χ0) is 17.3. The molecule has 1 N–H and O–H groups in total. The molecule has 24 heavy (non-hydrogen) atoms. The monoisotopic (exact) mass is 368 g/mol. The third kappa shape index (κ3) is 3.17. The predicted octanol–water partition coefficient (Wildman–Crippen LogP) is 1.42. The maximum atomic E-state index is 12.9. The van der Waals surface area contributed by atoms with E-state index in [1.54, 1.807) is 36.1 Å². The Hall–Kier alpha value is -1.90. The third-order valence-corrected chi connectivity index (χ3v) is 6.08. The number of carbonyl (C=O) groups excluding carboxylic acids is 1. The van der Waals surface area contributed by atoms with Gasteiger partial charge in [0.05, 0.1) is 29.6 Å². The summed E-state index contributed by atoms with van der Waals surface area (Å²) in [6, 6.07) is 7.48. The quantitative estimate of drug-likeness (QED) is 0.884. The molecular formula is C15H17ClN4O3S. The van der Waals surface area contributed by atoms with Gasteiger partial charge in [0.2, 0.25) is 15.9 Å². The number of carbonyl (C=O) groups is 1. The second kappa shape index (κ2) is 6.54. The number of sulfonamides is 1. The Labute approximate surface area is 145 Å². The van der Waals surface area contributed by atoms with Crippen LogP contribution in [-0.2, 0) is 21.4 Å². The summed E-state index contributed by atoms with van der Waals surface area (Å²) in [4.78, 5) is 11.9. The summed E-state index contributed by atoms with van der Waals surface area (Å²) < 4.78 is 28.9. The molecule has 1 aliphatic heterocycles. The molecule has 128 valence electrons. The van der Waals surface area contributed by atoms with E-state index in [1.165, 1.54) is 16.4 Å². The Kier molecular flexibility index (Phi) is 4.62. The Bertz CT molecular complexity index is 848. The normalized spacial score (nSPS) is 18.2. The number of hydrogen-bond acceptors (Lipinski definition) is 4. The fourth-order valence-electron chi connectivity index (χ4n) is 2.76. The second-order valence-electron chi connectivity index (χ2n) is 5.55. The molecule has 1 aromatic heterocycles. The van der Waals surface area contributed by atoms with Crippen molar-refractivity contribution in [1.82, 2.24) is 19.4 Å². The molecule has 0 radical (unpaired) electrons. The Morgan fingerprint density at radius 2 is 2.04 bits per heavy atom. The van der Waals surface area contributed by atoms with Crippen molar-refractivity contribution in [3.05, 3.63) is 47.2 Å². The molecule has 0 unspecified atom stereocenters. The number of rotatable bonds is 4. The molecule has 1 amide bonds. The molecule has 0 aliphatic carbocycles. The van der Waals surface area contributed by atoms with Crippen LogP contribution in [0.4, 0.5) is 0 Å². The average molecular weight is 369 g/mol. The topological polar surface area (TPSA) is 84.3 Å². The number of halogens is 1. The van der Waals surface area contributed by atoms with Gasteiger partial charge in [-0.2, -0.15) is 9.40 Å². The molecule has 9 heteroatoms. The van der Waals surface area contributed by atoms with Crippen molar-refractivity contribution in [2.24, 2.45) is 0 Å². The number of nitrogens with one attached hydrogen (secondary N) is 1. The summed E-state index contributed by atoms with van der Waals surface area (Å²) in [5, 5.41) is 7.26. The number of fused-ring (bicyclic) bond motifs is 1. The van der Waals surface area contributed by atoms with Crippen molar-refractivity contribution in [3.8, 4) is 0 Å². The molecule has 2 aromatic rings. The van der Waals surface area contributed by atoms with Crippen LogP contribution in [0.5, 0.6) is 0 Å². The molecule has 3 rings (SSSR count). The number of benzene rings is 1. The first-order valence-corrected chi connectivity index (χ1v) is 9.22. The highest BCUT2D eigenvalue weighted by Crippen LogP contribution is 2.28. The van der Waals surface area contributed by atoms with Crippen molar-refractivity contribution >= 4 is 27.5 Å². The fraction of sp³-hybridized carbons (Fsp3) is 0.333. The lowest BCUT2D eigenvalue weighted by Gasteiger charge is -2.32. The predicted molar refractivity (Wildman–Crippen MR) is 89.0 cm³/mol. The van der Waals surface area contributed by atoms with E-state index in [0.29, 0.717) is 5.02 Å². The molecule has 2 heterocycles. The smallest absolute Gasteiger partial charge is 0.243 e. The Morgan fingerprint density at radius 1 is 1.33 bits per heavy atom. The molecule has 1 aliphatic rings. The van der Waals surface area contributed by atoms with Crippen LogP contribution in [0.2, 0.25) is 5.02 Å². The van der Waals surface area contributed by atoms with E-state index in [-0.39, 0.29) is 36.4 Å². The van der Waals surface area contributed by atoms with E-state index >= 15 is 0 Å². The van der Waals surface area contributed by atoms with Crippen molar-refractivity contribution in [3.63, 3.8) is 0 Å². The van der Waals surface area contributed by atoms with E-state index in [2.05, 4.69) is 10.4 Å². The Balaban J connectivity index is 1.92. The minimum Gasteiger partial charge on any atom is -0.359 e. The summed E-state index contributed by atoms with van der Waals surface area (Å²) in [5.74, 6) is -0.160. The Morgan fingerprint density at radius 3 is 2.71 bits per heavy atom. The SMILES string of the molecule is CNC(=O)C[C@H]1CN(S(=O)(=O)c2ccc(Cl)cc2)Cc2ccnn21. The second-order valence-corrected chi connectivity index (χ2v) is 7.92. The molecule has 0 saturated carbocycles. The van der Waals surface area contributed by atoms with Gasteiger partial charge < -0.3 is 5.32 Å². The third-order valence-electron chi connectivity index (χ3n) is 4.00. The van der Waals surface area contributed by atoms with Crippen LogP contribution >= 0.6 is 11.6 Å². The van der Waals surface area contributed by atoms with E-state index in [1.807, 2.05) is 0 Å². The maximum absolute atomic E-state index is 12.9. The van der Waals surface area contributed by atoms with Gasteiger partial charge in [0.15, 0.2) is 0 Å². The van der Waals surface area contributed by atoms with Gasteiger partial charge in [0, 0.05) is 24.8 Å². The highest BCUT2D eigenvalue weighted by atomic mass is 35.5. The van der Waals surface area contributed by atoms with Crippen LogP contribution in [-0.4, -0.2) is 42.0 Å². The fourth-order valence-corrected chi connectivity index (χ4v) is 4.33. The number of aromatic nitrogens is 2. The van der Waals surface area contributed by atoms with Crippen molar-refractivity contribution in [1.29, 1.82) is 0 Å². The first-order chi connectivity index (χ1) is 11.4. The van der Waals surface area contributed by atoms with Gasteiger partial charge in [-0.15, -0.1) is 0 Å². The molecule has 7 nitrogen and oxygen atoms in total. The van der Waals surface area contributed by atoms with Crippen molar-refractivity contribution in [2.75, 3.05) is 13.6 Å². The number of hydrogen-bond donors (Lipinski definition) is 1. The summed E-state index contributed by atoms with van der Waals surface area (Å²) in [5.41, 5.74) is 0.757. The minimum absolute atomic E-state index is 0.160. The lowest BCUT2D eigenvalue weighted by molar-refractivity contribution is -0.121. The van der Waals surface area contributed by atoms with Gasteiger partial charge in [0.1, 0.15) is 0 Å². The van der Waals surface area contributed by atoms with Crippen LogP contribution in [0.3, 0.4) is 0 Å². The van der Waals surface area contributed by atoms with Gasteiger partial charge in [-0.05, 0) is 30.3 Å². The van der Waals surface area contributed by atoms with Crippen molar-refractivity contribution in [2.45, 2.75) is 23.9 Å². The standard InChI is InChI=1S/C15H17ClN4O3S/c1-17-15(21)8-13-10-19(9-12-6-7-18-20(12)13)24(22,23)14-4-2-11(16)3-5-14/h2-7,13H,8-10H2,1H3,(H,17,21)/t13-/m0/s1. The van der Waals surface area contributed by atoms with Gasteiger partial charge in [0.25, 0.3) is 0 Å². The summed E-state index contributed by atoms with van der Waals surface area (Å²) >= 11 is 5.83. The van der Waals surface area contributed by atoms with Crippen LogP contribution in [0, 0.1) is 0 Å². The van der Waals surface area contributed by atoms with E-state index in [4.69, 9.17) is 11.6 Å². The zero-order valence-electron chi connectivity index (χ0n) is 13.0. The lowest BCUT2D eigenvalue weighted by Crippen LogP contribution is -2.42. The van der Waals surface area contributed by atoms with E-state index in [0.717, 1.165) is 5.69 Å². The number of nitrogens with zero attached hydrogens (tertiary/aromatic N) is 3. The molecule has 1 atom stereocenters. The first-order valence-electron chi connectivity index (χ1n) is 7.40. The van der Waals surface area contributed by atoms with Gasteiger partial charge in [-0.25, -0.2) is 8.42 Å². The van der Waals surface area contributed by atoms with E-state index < -0.39 is 10.0 Å². The van der Waals surface area contributed by atoms with Crippen LogP contribution in [0.15, 0.2) is 41.4 Å². The molecule has 0 fully saturated rings. The van der Waals surface area contributed by atoms with Crippen LogP contribution in [0.1, 0.15) is 18.2 Å². The van der Waals surface area contributed by atoms with Gasteiger partial charge >= 0.3 is 0 Å². The summed E-state index contributed by atoms with van der Waals surface area (Å²) in [6.07, 6.45) is 1.78. The molecule has 1 aromatic carbocycles. The van der Waals surface area contributed by atoms with Gasteiger partial charge in [-0.1, -0.05) is 11.6 Å². The van der Waals surface area contributed by atoms with Crippen molar-refractivity contribution < 1.29 is 13.2 Å². The maximum Gasteiger partial charge on any atom is 0.243 e. The van der Waals surface area contributed by atoms with Crippen LogP contribution < -0.4 is 5.32 Å². The summed E-state index contributed by atoms with van der Waals surface area (Å²) in [6.45, 7) is 0.405. The lowest BCUT2D eigenvalue weighted by atomic mass is 10.1.